The van der Waals surface area contributed by atoms with Crippen molar-refractivity contribution in [1.82, 2.24) is 5.32 Å². The van der Waals surface area contributed by atoms with Crippen LogP contribution in [-0.2, 0) is 0 Å². The molecule has 1 aliphatic carbocycles. The van der Waals surface area contributed by atoms with Gasteiger partial charge in [-0.15, -0.1) is 0 Å². The lowest BCUT2D eigenvalue weighted by atomic mass is 10.1. The van der Waals surface area contributed by atoms with E-state index in [1.807, 2.05) is 11.8 Å². The molecule has 0 aromatic carbocycles. The SMILES string of the molecule is CCC1CSC(=NCC2CC2(C)C)N1. The van der Waals surface area contributed by atoms with Crippen LogP contribution in [0.1, 0.15) is 33.6 Å². The summed E-state index contributed by atoms with van der Waals surface area (Å²) in [5.74, 6) is 2.03. The number of hydrogen-bond donors (Lipinski definition) is 1. The molecule has 0 spiro atoms. The van der Waals surface area contributed by atoms with Crippen molar-refractivity contribution in [2.75, 3.05) is 12.3 Å². The molecule has 0 amide bonds. The van der Waals surface area contributed by atoms with Crippen LogP contribution in [0.4, 0.5) is 0 Å². The highest BCUT2D eigenvalue weighted by Crippen LogP contribution is 2.51. The third-order valence-electron chi connectivity index (χ3n) is 3.41. The van der Waals surface area contributed by atoms with Crippen molar-refractivity contribution in [3.8, 4) is 0 Å². The largest absolute Gasteiger partial charge is 0.361 e. The van der Waals surface area contributed by atoms with Crippen LogP contribution in [0.25, 0.3) is 0 Å². The van der Waals surface area contributed by atoms with Gasteiger partial charge in [0.05, 0.1) is 0 Å². The second-order valence-electron chi connectivity index (χ2n) is 5.10. The van der Waals surface area contributed by atoms with Crippen molar-refractivity contribution < 1.29 is 0 Å². The Morgan fingerprint density at radius 2 is 2.29 bits per heavy atom. The minimum atomic E-state index is 0.567. The monoisotopic (exact) mass is 212 g/mol. The predicted octanol–water partition coefficient (Wildman–Crippen LogP) is 2.50. The topological polar surface area (TPSA) is 24.4 Å². The van der Waals surface area contributed by atoms with E-state index in [0.29, 0.717) is 11.5 Å². The van der Waals surface area contributed by atoms with E-state index in [4.69, 9.17) is 0 Å². The van der Waals surface area contributed by atoms with E-state index in [1.54, 1.807) is 0 Å². The minimum absolute atomic E-state index is 0.567. The highest BCUT2D eigenvalue weighted by molar-refractivity contribution is 8.14. The normalized spacial score (nSPS) is 37.2. The zero-order valence-corrected chi connectivity index (χ0v) is 10.2. The van der Waals surface area contributed by atoms with E-state index < -0.39 is 0 Å². The lowest BCUT2D eigenvalue weighted by Crippen LogP contribution is -2.26. The molecular formula is C11H20N2S. The molecule has 80 valence electrons. The molecule has 2 nitrogen and oxygen atoms in total. The van der Waals surface area contributed by atoms with Crippen LogP contribution in [0.2, 0.25) is 0 Å². The molecular weight excluding hydrogens is 192 g/mol. The first kappa shape index (κ1) is 10.3. The predicted molar refractivity (Wildman–Crippen MR) is 63.9 cm³/mol. The average molecular weight is 212 g/mol. The third kappa shape index (κ3) is 2.25. The maximum atomic E-state index is 4.65. The van der Waals surface area contributed by atoms with E-state index >= 15 is 0 Å². The fraction of sp³-hybridized carbons (Fsp3) is 0.909. The zero-order valence-electron chi connectivity index (χ0n) is 9.34. The second-order valence-corrected chi connectivity index (χ2v) is 6.10. The molecule has 0 aromatic heterocycles. The van der Waals surface area contributed by atoms with Crippen molar-refractivity contribution in [3.05, 3.63) is 0 Å². The van der Waals surface area contributed by atoms with Gasteiger partial charge in [-0.3, -0.25) is 4.99 Å². The molecule has 1 heterocycles. The van der Waals surface area contributed by atoms with Crippen molar-refractivity contribution in [1.29, 1.82) is 0 Å². The summed E-state index contributed by atoms with van der Waals surface area (Å²) in [6.45, 7) is 7.92. The summed E-state index contributed by atoms with van der Waals surface area (Å²) in [4.78, 5) is 4.65. The summed E-state index contributed by atoms with van der Waals surface area (Å²) in [6, 6.07) is 0.658. The molecule has 0 bridgehead atoms. The van der Waals surface area contributed by atoms with E-state index in [-0.39, 0.29) is 0 Å². The van der Waals surface area contributed by atoms with E-state index in [9.17, 15) is 0 Å². The van der Waals surface area contributed by atoms with Gasteiger partial charge in [-0.1, -0.05) is 32.5 Å². The molecule has 2 atom stereocenters. The van der Waals surface area contributed by atoms with Gasteiger partial charge in [-0.25, -0.2) is 0 Å². The number of nitrogens with zero attached hydrogens (tertiary/aromatic N) is 1. The van der Waals surface area contributed by atoms with Crippen molar-refractivity contribution in [2.45, 2.75) is 39.7 Å². The highest BCUT2D eigenvalue weighted by Gasteiger charge is 2.45. The third-order valence-corrected chi connectivity index (χ3v) is 4.50. The van der Waals surface area contributed by atoms with E-state index in [2.05, 4.69) is 31.1 Å². The zero-order chi connectivity index (χ0) is 10.2. The molecule has 2 rings (SSSR count). The Morgan fingerprint density at radius 3 is 2.79 bits per heavy atom. The smallest absolute Gasteiger partial charge is 0.156 e. The van der Waals surface area contributed by atoms with Gasteiger partial charge < -0.3 is 5.32 Å². The standard InChI is InChI=1S/C11H20N2S/c1-4-9-7-14-10(13-9)12-6-8-5-11(8,2)3/h8-9H,4-7H2,1-3H3,(H,12,13). The molecule has 1 saturated carbocycles. The Labute approximate surface area is 90.9 Å². The summed E-state index contributed by atoms with van der Waals surface area (Å²) >= 11 is 1.88. The Morgan fingerprint density at radius 1 is 1.57 bits per heavy atom. The fourth-order valence-corrected chi connectivity index (χ4v) is 2.92. The van der Waals surface area contributed by atoms with Crippen LogP contribution in [0.15, 0.2) is 4.99 Å². The average Bonchev–Trinajstić information content (AvgIpc) is 2.62. The fourth-order valence-electron chi connectivity index (χ4n) is 1.83. The van der Waals surface area contributed by atoms with Crippen LogP contribution in [0.5, 0.6) is 0 Å². The Balaban J connectivity index is 1.77. The highest BCUT2D eigenvalue weighted by atomic mass is 32.2. The number of thioether (sulfide) groups is 1. The molecule has 1 N–H and O–H groups in total. The Kier molecular flexibility index (Phi) is 2.78. The molecule has 0 aromatic rings. The van der Waals surface area contributed by atoms with Crippen LogP contribution in [-0.4, -0.2) is 23.5 Å². The van der Waals surface area contributed by atoms with Gasteiger partial charge in [0, 0.05) is 18.3 Å². The minimum Gasteiger partial charge on any atom is -0.361 e. The maximum Gasteiger partial charge on any atom is 0.156 e. The van der Waals surface area contributed by atoms with Gasteiger partial charge >= 0.3 is 0 Å². The van der Waals surface area contributed by atoms with Gasteiger partial charge in [-0.2, -0.15) is 0 Å². The van der Waals surface area contributed by atoms with Gasteiger partial charge in [-0.05, 0) is 24.2 Å². The first-order valence-corrected chi connectivity index (χ1v) is 6.54. The van der Waals surface area contributed by atoms with E-state index in [1.165, 1.54) is 23.8 Å². The molecule has 1 aliphatic heterocycles. The maximum absolute atomic E-state index is 4.65. The van der Waals surface area contributed by atoms with Crippen LogP contribution < -0.4 is 5.32 Å². The number of hydrogen-bond acceptors (Lipinski definition) is 2. The Hall–Kier alpha value is -0.180. The number of amidine groups is 1. The van der Waals surface area contributed by atoms with Crippen LogP contribution in [0, 0.1) is 11.3 Å². The summed E-state index contributed by atoms with van der Waals surface area (Å²) < 4.78 is 0. The second kappa shape index (κ2) is 3.76. The van der Waals surface area contributed by atoms with Gasteiger partial charge in [0.1, 0.15) is 0 Å². The lowest BCUT2D eigenvalue weighted by Gasteiger charge is -2.05. The summed E-state index contributed by atoms with van der Waals surface area (Å²) in [7, 11) is 0. The Bertz CT molecular complexity index is 248. The van der Waals surface area contributed by atoms with Crippen LogP contribution >= 0.6 is 11.8 Å². The molecule has 2 fully saturated rings. The van der Waals surface area contributed by atoms with E-state index in [0.717, 1.165) is 12.5 Å². The quantitative estimate of drug-likeness (QED) is 0.777. The molecule has 0 radical (unpaired) electrons. The van der Waals surface area contributed by atoms with Crippen molar-refractivity contribution >= 4 is 16.9 Å². The number of aliphatic imine (C=N–C) groups is 1. The van der Waals surface area contributed by atoms with Gasteiger partial charge in [0.15, 0.2) is 5.17 Å². The first-order chi connectivity index (χ1) is 6.62. The first-order valence-electron chi connectivity index (χ1n) is 5.55. The molecule has 14 heavy (non-hydrogen) atoms. The van der Waals surface area contributed by atoms with Gasteiger partial charge in [0.25, 0.3) is 0 Å². The number of rotatable bonds is 3. The van der Waals surface area contributed by atoms with Crippen LogP contribution in [0.3, 0.4) is 0 Å². The summed E-state index contributed by atoms with van der Waals surface area (Å²) in [6.07, 6.45) is 2.56. The van der Waals surface area contributed by atoms with Crippen molar-refractivity contribution in [2.24, 2.45) is 16.3 Å². The molecule has 2 unspecified atom stereocenters. The van der Waals surface area contributed by atoms with Crippen molar-refractivity contribution in [3.63, 3.8) is 0 Å². The lowest BCUT2D eigenvalue weighted by molar-refractivity contribution is 0.565. The molecule has 1 saturated heterocycles. The van der Waals surface area contributed by atoms with Gasteiger partial charge in [0.2, 0.25) is 0 Å². The number of nitrogens with one attached hydrogen (secondary N) is 1. The summed E-state index contributed by atoms with van der Waals surface area (Å²) in [5.41, 5.74) is 0.567. The molecule has 3 heteroatoms. The summed E-state index contributed by atoms with van der Waals surface area (Å²) in [5, 5.41) is 4.64. The molecule has 2 aliphatic rings.